The van der Waals surface area contributed by atoms with Crippen LogP contribution >= 0.6 is 23.2 Å². The van der Waals surface area contributed by atoms with Crippen LogP contribution in [0.15, 0.2) is 42.7 Å². The molecule has 1 amide bonds. The molecule has 13 heteroatoms. The van der Waals surface area contributed by atoms with E-state index in [2.05, 4.69) is 20.1 Å². The summed E-state index contributed by atoms with van der Waals surface area (Å²) in [6, 6.07) is 6.78. The lowest BCUT2D eigenvalue weighted by atomic mass is 9.84. The molecule has 1 atom stereocenters. The third kappa shape index (κ3) is 6.88. The molecule has 0 aliphatic rings. The molecule has 0 saturated heterocycles. The van der Waals surface area contributed by atoms with E-state index in [4.69, 9.17) is 23.2 Å². The number of hydrogen-bond donors (Lipinski definition) is 2. The van der Waals surface area contributed by atoms with Crippen molar-refractivity contribution >= 4 is 34.9 Å². The fourth-order valence-electron chi connectivity index (χ4n) is 3.24. The van der Waals surface area contributed by atoms with E-state index < -0.39 is 29.5 Å². The molecule has 3 rings (SSSR count). The number of hydrogen-bond acceptors (Lipinski definition) is 6. The Kier molecular flexibility index (Phi) is 7.85. The number of amides is 1. The molecule has 0 fully saturated rings. The third-order valence-corrected chi connectivity index (χ3v) is 5.47. The second-order valence-electron chi connectivity index (χ2n) is 8.81. The zero-order valence-corrected chi connectivity index (χ0v) is 20.7. The molecule has 0 saturated carbocycles. The molecule has 36 heavy (non-hydrogen) atoms. The highest BCUT2D eigenvalue weighted by Crippen LogP contribution is 2.33. The normalized spacial score (nSPS) is 12.8. The summed E-state index contributed by atoms with van der Waals surface area (Å²) in [5, 5.41) is 16.3. The first-order valence-electron chi connectivity index (χ1n) is 10.4. The summed E-state index contributed by atoms with van der Waals surface area (Å²) in [6.07, 6.45) is -3.75. The van der Waals surface area contributed by atoms with Gasteiger partial charge >= 0.3 is 6.36 Å². The smallest absolute Gasteiger partial charge is 0.505 e. The van der Waals surface area contributed by atoms with Gasteiger partial charge in [-0.05, 0) is 36.2 Å². The summed E-state index contributed by atoms with van der Waals surface area (Å²) in [5.41, 5.74) is -0.214. The first-order chi connectivity index (χ1) is 16.6. The van der Waals surface area contributed by atoms with Crippen molar-refractivity contribution in [3.05, 3.63) is 64.2 Å². The van der Waals surface area contributed by atoms with Crippen LogP contribution in [0.5, 0.6) is 11.5 Å². The number of phenols is 1. The maximum atomic E-state index is 13.1. The van der Waals surface area contributed by atoms with Gasteiger partial charge in [-0.15, -0.1) is 18.3 Å². The Bertz CT molecular complexity index is 1270. The number of ether oxygens (including phenoxy) is 1. The van der Waals surface area contributed by atoms with Crippen LogP contribution in [0, 0.1) is 5.41 Å². The van der Waals surface area contributed by atoms with Crippen LogP contribution in [0.4, 0.5) is 13.2 Å². The van der Waals surface area contributed by atoms with Gasteiger partial charge < -0.3 is 15.2 Å². The van der Waals surface area contributed by atoms with Crippen LogP contribution in [0.3, 0.4) is 0 Å². The fraction of sp³-hybridized carbons (Fsp3) is 0.304. The monoisotopic (exact) mass is 544 g/mol. The van der Waals surface area contributed by atoms with Crippen LogP contribution in [-0.2, 0) is 11.2 Å². The van der Waals surface area contributed by atoms with E-state index in [1.54, 1.807) is 20.8 Å². The van der Waals surface area contributed by atoms with Crippen molar-refractivity contribution in [2.24, 2.45) is 5.41 Å². The molecule has 1 heterocycles. The summed E-state index contributed by atoms with van der Waals surface area (Å²) in [5.74, 6) is -2.17. The summed E-state index contributed by atoms with van der Waals surface area (Å²) >= 11 is 11.8. The van der Waals surface area contributed by atoms with E-state index in [9.17, 15) is 27.9 Å². The molecule has 8 nitrogen and oxygen atoms in total. The number of ketones is 1. The van der Waals surface area contributed by atoms with Crippen molar-refractivity contribution in [3.8, 4) is 17.2 Å². The minimum absolute atomic E-state index is 0.0356. The highest BCUT2D eigenvalue weighted by molar-refractivity contribution is 6.37. The van der Waals surface area contributed by atoms with Gasteiger partial charge in [0.1, 0.15) is 12.1 Å². The minimum Gasteiger partial charge on any atom is -0.505 e. The summed E-state index contributed by atoms with van der Waals surface area (Å²) < 4.78 is 42.9. The summed E-state index contributed by atoms with van der Waals surface area (Å²) in [4.78, 5) is 29.9. The summed E-state index contributed by atoms with van der Waals surface area (Å²) in [6.45, 7) is 4.97. The predicted molar refractivity (Wildman–Crippen MR) is 126 cm³/mol. The van der Waals surface area contributed by atoms with Crippen molar-refractivity contribution in [2.75, 3.05) is 0 Å². The number of Topliss-reactive ketones (excluding diaryl/α,β-unsaturated/α-hetero) is 1. The maximum absolute atomic E-state index is 13.1. The SMILES string of the molecule is CC(C)(C)C(=O)C(Cc1cccc(OC(F)(F)F)c1)NC(=O)c1ncn(-c2cc(Cl)c(O)c(Cl)c2)n1. The Morgan fingerprint density at radius 3 is 2.36 bits per heavy atom. The first kappa shape index (κ1) is 27.3. The van der Waals surface area contributed by atoms with Gasteiger partial charge in [-0.25, -0.2) is 9.67 Å². The molecule has 2 N–H and O–H groups in total. The number of alkyl halides is 3. The van der Waals surface area contributed by atoms with Gasteiger partial charge in [-0.2, -0.15) is 0 Å². The largest absolute Gasteiger partial charge is 0.573 e. The highest BCUT2D eigenvalue weighted by Gasteiger charge is 2.33. The van der Waals surface area contributed by atoms with E-state index in [0.717, 1.165) is 12.1 Å². The van der Waals surface area contributed by atoms with Crippen LogP contribution in [0.25, 0.3) is 5.69 Å². The quantitative estimate of drug-likeness (QED) is 0.426. The van der Waals surface area contributed by atoms with E-state index in [1.165, 1.54) is 35.3 Å². The number of carbonyl (C=O) groups excluding carboxylic acids is 2. The summed E-state index contributed by atoms with van der Waals surface area (Å²) in [7, 11) is 0. The molecule has 2 aromatic carbocycles. The predicted octanol–water partition coefficient (Wildman–Crippen LogP) is 5.13. The lowest BCUT2D eigenvalue weighted by molar-refractivity contribution is -0.274. The fourth-order valence-corrected chi connectivity index (χ4v) is 3.71. The van der Waals surface area contributed by atoms with E-state index >= 15 is 0 Å². The molecule has 0 aliphatic carbocycles. The number of benzene rings is 2. The maximum Gasteiger partial charge on any atom is 0.573 e. The molecule has 0 spiro atoms. The molecule has 0 radical (unpaired) electrons. The standard InChI is InChI=1S/C23H21Cl2F3N4O4/c1-22(2,3)19(34)17(8-12-5-4-6-14(7-12)36-23(26,27)28)30-21(35)20-29-11-32(31-20)13-9-15(24)18(33)16(25)10-13/h4-7,9-11,17,33H,8H2,1-3H3,(H,30,35). The molecular weight excluding hydrogens is 524 g/mol. The first-order valence-corrected chi connectivity index (χ1v) is 11.2. The number of phenolic OH excluding ortho intramolecular Hbond substituents is 1. The van der Waals surface area contributed by atoms with Crippen molar-refractivity contribution in [1.29, 1.82) is 0 Å². The lowest BCUT2D eigenvalue weighted by Gasteiger charge is -2.25. The van der Waals surface area contributed by atoms with Gasteiger partial charge in [-0.1, -0.05) is 56.1 Å². The Morgan fingerprint density at radius 2 is 1.78 bits per heavy atom. The number of nitrogens with one attached hydrogen (secondary N) is 1. The van der Waals surface area contributed by atoms with Gasteiger partial charge in [0.25, 0.3) is 5.91 Å². The van der Waals surface area contributed by atoms with Crippen LogP contribution < -0.4 is 10.1 Å². The van der Waals surface area contributed by atoms with Gasteiger partial charge in [0.05, 0.1) is 21.8 Å². The second-order valence-corrected chi connectivity index (χ2v) is 9.62. The van der Waals surface area contributed by atoms with Crippen molar-refractivity contribution < 1.29 is 32.6 Å². The average Bonchev–Trinajstić information content (AvgIpc) is 3.25. The Morgan fingerprint density at radius 1 is 1.14 bits per heavy atom. The van der Waals surface area contributed by atoms with Crippen molar-refractivity contribution in [3.63, 3.8) is 0 Å². The second kappa shape index (κ2) is 10.4. The number of aromatic hydroxyl groups is 1. The Labute approximate surface area is 214 Å². The van der Waals surface area contributed by atoms with Crippen LogP contribution in [0.2, 0.25) is 10.0 Å². The number of halogens is 5. The van der Waals surface area contributed by atoms with Gasteiger partial charge in [0, 0.05) is 5.41 Å². The molecule has 1 aromatic heterocycles. The Balaban J connectivity index is 1.84. The molecule has 0 bridgehead atoms. The molecule has 192 valence electrons. The number of nitrogens with zero attached hydrogens (tertiary/aromatic N) is 3. The zero-order valence-electron chi connectivity index (χ0n) is 19.2. The average molecular weight is 545 g/mol. The topological polar surface area (TPSA) is 106 Å². The molecule has 1 unspecified atom stereocenters. The van der Waals surface area contributed by atoms with Gasteiger partial charge in [-0.3, -0.25) is 9.59 Å². The molecule has 3 aromatic rings. The van der Waals surface area contributed by atoms with Crippen LogP contribution in [0.1, 0.15) is 37.0 Å². The van der Waals surface area contributed by atoms with Crippen LogP contribution in [-0.4, -0.2) is 44.0 Å². The Hall–Kier alpha value is -3.31. The van der Waals surface area contributed by atoms with Crippen molar-refractivity contribution in [2.45, 2.75) is 39.6 Å². The highest BCUT2D eigenvalue weighted by atomic mass is 35.5. The number of rotatable bonds is 7. The zero-order chi connectivity index (χ0) is 26.8. The third-order valence-electron chi connectivity index (χ3n) is 4.89. The lowest BCUT2D eigenvalue weighted by Crippen LogP contribution is -2.47. The molecular formula is C23H21Cl2F3N4O4. The molecule has 0 aliphatic heterocycles. The number of aromatic nitrogens is 3. The van der Waals surface area contributed by atoms with Crippen molar-refractivity contribution in [1.82, 2.24) is 20.1 Å². The van der Waals surface area contributed by atoms with E-state index in [1.807, 2.05) is 0 Å². The van der Waals surface area contributed by atoms with Gasteiger partial charge in [0.15, 0.2) is 11.5 Å². The minimum atomic E-state index is -4.87. The van der Waals surface area contributed by atoms with E-state index in [0.29, 0.717) is 11.3 Å². The van der Waals surface area contributed by atoms with E-state index in [-0.39, 0.29) is 33.8 Å². The van der Waals surface area contributed by atoms with Gasteiger partial charge in [0.2, 0.25) is 5.82 Å². The number of carbonyl (C=O) groups is 2.